The lowest BCUT2D eigenvalue weighted by atomic mass is 10.1. The molecule has 0 radical (unpaired) electrons. The third-order valence-corrected chi connectivity index (χ3v) is 2.37. The van der Waals surface area contributed by atoms with E-state index in [0.717, 1.165) is 12.0 Å². The van der Waals surface area contributed by atoms with E-state index in [1.54, 1.807) is 6.07 Å². The molecule has 1 fully saturated rings. The van der Waals surface area contributed by atoms with E-state index in [9.17, 15) is 4.39 Å². The van der Waals surface area contributed by atoms with Crippen LogP contribution in [-0.4, -0.2) is 6.04 Å². The highest BCUT2D eigenvalue weighted by atomic mass is 35.5. The van der Waals surface area contributed by atoms with E-state index in [0.29, 0.717) is 10.9 Å². The predicted molar refractivity (Wildman–Crippen MR) is 46.7 cm³/mol. The van der Waals surface area contributed by atoms with E-state index < -0.39 is 0 Å². The second kappa shape index (κ2) is 2.71. The van der Waals surface area contributed by atoms with E-state index in [4.69, 9.17) is 17.3 Å². The van der Waals surface area contributed by atoms with Crippen molar-refractivity contribution in [2.75, 3.05) is 0 Å². The second-order valence-electron chi connectivity index (χ2n) is 3.21. The molecule has 0 unspecified atom stereocenters. The molecule has 0 aliphatic heterocycles. The van der Waals surface area contributed by atoms with Gasteiger partial charge in [0, 0.05) is 17.0 Å². The van der Waals surface area contributed by atoms with Crippen LogP contribution >= 0.6 is 11.6 Å². The summed E-state index contributed by atoms with van der Waals surface area (Å²) in [4.78, 5) is 0. The zero-order chi connectivity index (χ0) is 8.72. The van der Waals surface area contributed by atoms with Crippen LogP contribution in [0.15, 0.2) is 18.2 Å². The molecule has 1 saturated carbocycles. The highest BCUT2D eigenvalue weighted by Gasteiger charge is 2.35. The molecular weight excluding hydrogens is 177 g/mol. The molecule has 0 amide bonds. The maximum Gasteiger partial charge on any atom is 0.124 e. The van der Waals surface area contributed by atoms with E-state index in [2.05, 4.69) is 0 Å². The largest absolute Gasteiger partial charge is 0.327 e. The Kier molecular flexibility index (Phi) is 1.81. The van der Waals surface area contributed by atoms with E-state index in [1.165, 1.54) is 12.1 Å². The molecule has 64 valence electrons. The lowest BCUT2D eigenvalue weighted by Crippen LogP contribution is -2.01. The maximum absolute atomic E-state index is 12.8. The summed E-state index contributed by atoms with van der Waals surface area (Å²) >= 11 is 5.69. The summed E-state index contributed by atoms with van der Waals surface area (Å²) in [5.41, 5.74) is 6.56. The zero-order valence-electron chi connectivity index (χ0n) is 6.43. The fourth-order valence-electron chi connectivity index (χ4n) is 1.39. The molecule has 12 heavy (non-hydrogen) atoms. The van der Waals surface area contributed by atoms with Gasteiger partial charge in [0.25, 0.3) is 0 Å². The van der Waals surface area contributed by atoms with Crippen LogP contribution < -0.4 is 5.73 Å². The molecule has 2 atom stereocenters. The number of benzene rings is 1. The van der Waals surface area contributed by atoms with Gasteiger partial charge < -0.3 is 5.73 Å². The van der Waals surface area contributed by atoms with Gasteiger partial charge in [-0.25, -0.2) is 4.39 Å². The first-order chi connectivity index (χ1) is 5.66. The van der Waals surface area contributed by atoms with Crippen molar-refractivity contribution in [3.8, 4) is 0 Å². The van der Waals surface area contributed by atoms with Crippen molar-refractivity contribution in [2.45, 2.75) is 18.4 Å². The van der Waals surface area contributed by atoms with Crippen LogP contribution in [0.25, 0.3) is 0 Å². The topological polar surface area (TPSA) is 26.0 Å². The van der Waals surface area contributed by atoms with Crippen molar-refractivity contribution in [2.24, 2.45) is 5.73 Å². The van der Waals surface area contributed by atoms with Crippen molar-refractivity contribution in [1.29, 1.82) is 0 Å². The highest BCUT2D eigenvalue weighted by molar-refractivity contribution is 6.30. The lowest BCUT2D eigenvalue weighted by molar-refractivity contribution is 0.625. The third-order valence-electron chi connectivity index (χ3n) is 2.15. The summed E-state index contributed by atoms with van der Waals surface area (Å²) in [6, 6.07) is 4.78. The van der Waals surface area contributed by atoms with Gasteiger partial charge in [0.1, 0.15) is 5.82 Å². The molecule has 0 heterocycles. The Balaban J connectivity index is 2.32. The third kappa shape index (κ3) is 1.45. The van der Waals surface area contributed by atoms with Crippen molar-refractivity contribution in [3.63, 3.8) is 0 Å². The first-order valence-corrected chi connectivity index (χ1v) is 4.26. The minimum Gasteiger partial charge on any atom is -0.327 e. The molecule has 2 rings (SSSR count). The van der Waals surface area contributed by atoms with Crippen molar-refractivity contribution in [3.05, 3.63) is 34.6 Å². The average Bonchev–Trinajstić information content (AvgIpc) is 2.64. The number of nitrogens with two attached hydrogens (primary N) is 1. The van der Waals surface area contributed by atoms with Gasteiger partial charge in [-0.3, -0.25) is 0 Å². The smallest absolute Gasteiger partial charge is 0.124 e. The Morgan fingerprint density at radius 1 is 1.42 bits per heavy atom. The molecule has 1 nitrogen and oxygen atoms in total. The van der Waals surface area contributed by atoms with Crippen molar-refractivity contribution < 1.29 is 4.39 Å². The van der Waals surface area contributed by atoms with Gasteiger partial charge in [0.2, 0.25) is 0 Å². The fourth-order valence-corrected chi connectivity index (χ4v) is 1.62. The second-order valence-corrected chi connectivity index (χ2v) is 3.65. The summed E-state index contributed by atoms with van der Waals surface area (Å²) in [6.07, 6.45) is 0.944. The van der Waals surface area contributed by atoms with Crippen LogP contribution in [0.3, 0.4) is 0 Å². The first kappa shape index (κ1) is 8.02. The van der Waals surface area contributed by atoms with Crippen molar-refractivity contribution in [1.82, 2.24) is 0 Å². The maximum atomic E-state index is 12.8. The summed E-state index contributed by atoms with van der Waals surface area (Å²) in [5, 5.41) is 0.448. The molecular formula is C9H9ClFN. The van der Waals surface area contributed by atoms with Crippen LogP contribution in [0.4, 0.5) is 4.39 Å². The highest BCUT2D eigenvalue weighted by Crippen LogP contribution is 2.39. The molecule has 1 aromatic carbocycles. The number of hydrogen-bond donors (Lipinski definition) is 1. The van der Waals surface area contributed by atoms with Crippen LogP contribution in [0.1, 0.15) is 17.9 Å². The van der Waals surface area contributed by atoms with Gasteiger partial charge in [-0.2, -0.15) is 0 Å². The van der Waals surface area contributed by atoms with Crippen LogP contribution in [0.5, 0.6) is 0 Å². The molecule has 0 spiro atoms. The quantitative estimate of drug-likeness (QED) is 0.714. The zero-order valence-corrected chi connectivity index (χ0v) is 7.18. The van der Waals surface area contributed by atoms with Gasteiger partial charge in [0.05, 0.1) is 0 Å². The van der Waals surface area contributed by atoms with Crippen LogP contribution in [0, 0.1) is 5.82 Å². The minimum atomic E-state index is -0.281. The summed E-state index contributed by atoms with van der Waals surface area (Å²) in [6.45, 7) is 0. The van der Waals surface area contributed by atoms with Gasteiger partial charge >= 0.3 is 0 Å². The molecule has 3 heteroatoms. The van der Waals surface area contributed by atoms with E-state index >= 15 is 0 Å². The Bertz CT molecular complexity index is 293. The Labute approximate surface area is 75.3 Å². The summed E-state index contributed by atoms with van der Waals surface area (Å²) < 4.78 is 12.8. The average molecular weight is 186 g/mol. The normalized spacial score (nSPS) is 27.2. The minimum absolute atomic E-state index is 0.197. The molecule has 2 N–H and O–H groups in total. The predicted octanol–water partition coefficient (Wildman–Crippen LogP) is 2.29. The van der Waals surface area contributed by atoms with E-state index in [1.807, 2.05) is 0 Å². The van der Waals surface area contributed by atoms with Gasteiger partial charge in [-0.05, 0) is 30.2 Å². The molecule has 0 aromatic heterocycles. The first-order valence-electron chi connectivity index (χ1n) is 3.88. The standard InChI is InChI=1S/C9H9ClFN/c10-6-1-5(2-7(11)3-6)8-4-9(8)12/h1-3,8-9H,4,12H2/t8-,9+/m0/s1. The monoisotopic (exact) mass is 185 g/mol. The van der Waals surface area contributed by atoms with E-state index in [-0.39, 0.29) is 11.9 Å². The van der Waals surface area contributed by atoms with Gasteiger partial charge in [-0.15, -0.1) is 0 Å². The Hall–Kier alpha value is -0.600. The van der Waals surface area contributed by atoms with Crippen molar-refractivity contribution >= 4 is 11.6 Å². The SMILES string of the molecule is N[C@@H]1C[C@H]1c1cc(F)cc(Cl)c1. The number of hydrogen-bond acceptors (Lipinski definition) is 1. The fraction of sp³-hybridized carbons (Fsp3) is 0.333. The molecule has 1 aliphatic carbocycles. The molecule has 1 aliphatic rings. The van der Waals surface area contributed by atoms with Crippen LogP contribution in [0.2, 0.25) is 5.02 Å². The molecule has 1 aromatic rings. The number of halogens is 2. The van der Waals surface area contributed by atoms with Gasteiger partial charge in [-0.1, -0.05) is 11.6 Å². The van der Waals surface area contributed by atoms with Crippen LogP contribution in [-0.2, 0) is 0 Å². The Morgan fingerprint density at radius 3 is 2.58 bits per heavy atom. The Morgan fingerprint density at radius 2 is 2.08 bits per heavy atom. The molecule has 0 bridgehead atoms. The summed E-state index contributed by atoms with van der Waals surface area (Å²) in [7, 11) is 0. The lowest BCUT2D eigenvalue weighted by Gasteiger charge is -1.99. The van der Waals surface area contributed by atoms with Gasteiger partial charge in [0.15, 0.2) is 0 Å². The molecule has 0 saturated heterocycles. The summed E-state index contributed by atoms with van der Waals surface area (Å²) in [5.74, 6) is 0.0369. The number of rotatable bonds is 1.